The number of hydrogen-bond acceptors (Lipinski definition) is 5. The van der Waals surface area contributed by atoms with E-state index in [0.29, 0.717) is 18.0 Å². The van der Waals surface area contributed by atoms with Gasteiger partial charge in [-0.15, -0.1) is 0 Å². The summed E-state index contributed by atoms with van der Waals surface area (Å²) in [6.07, 6.45) is 0.446. The van der Waals surface area contributed by atoms with Crippen LogP contribution < -0.4 is 20.3 Å². The Labute approximate surface area is 81.2 Å². The summed E-state index contributed by atoms with van der Waals surface area (Å²) in [5.41, 5.74) is 0. The number of aromatic nitrogens is 1. The number of nitrogens with zero attached hydrogens (tertiary/aromatic N) is 2. The van der Waals surface area contributed by atoms with Gasteiger partial charge in [-0.25, -0.2) is 10.9 Å². The standard InChI is InChI=1S/C8H11N3O3/c1-13-6-3-7(11(9)5-12)10-8(4-6)14-2/h3-5H,9H2,1-2H3. The molecule has 0 unspecified atom stereocenters. The summed E-state index contributed by atoms with van der Waals surface area (Å²) in [6, 6.07) is 3.11. The number of nitrogens with two attached hydrogens (primary N) is 1. The van der Waals surface area contributed by atoms with Crippen LogP contribution in [0.15, 0.2) is 12.1 Å². The highest BCUT2D eigenvalue weighted by Gasteiger charge is 2.06. The Hall–Kier alpha value is -1.82. The SMILES string of the molecule is COc1cc(OC)nc(N(N)C=O)c1. The fourth-order valence-corrected chi connectivity index (χ4v) is 0.877. The molecule has 1 aromatic heterocycles. The average Bonchev–Trinajstić information content (AvgIpc) is 2.27. The molecule has 0 atom stereocenters. The summed E-state index contributed by atoms with van der Waals surface area (Å²) >= 11 is 0. The Morgan fingerprint density at radius 3 is 2.64 bits per heavy atom. The van der Waals surface area contributed by atoms with Crippen molar-refractivity contribution in [2.75, 3.05) is 19.2 Å². The molecule has 1 heterocycles. The van der Waals surface area contributed by atoms with Crippen molar-refractivity contribution in [1.82, 2.24) is 4.98 Å². The highest BCUT2D eigenvalue weighted by Crippen LogP contribution is 2.22. The summed E-state index contributed by atoms with van der Waals surface area (Å²) in [4.78, 5) is 14.3. The van der Waals surface area contributed by atoms with Crippen molar-refractivity contribution in [1.29, 1.82) is 0 Å². The van der Waals surface area contributed by atoms with Crippen LogP contribution in [0.3, 0.4) is 0 Å². The zero-order valence-electron chi connectivity index (χ0n) is 7.93. The van der Waals surface area contributed by atoms with Crippen molar-refractivity contribution < 1.29 is 14.3 Å². The number of ether oxygens (including phenoxy) is 2. The van der Waals surface area contributed by atoms with Crippen LogP contribution in [0.5, 0.6) is 11.6 Å². The topological polar surface area (TPSA) is 77.7 Å². The molecule has 0 aliphatic heterocycles. The molecule has 1 amide bonds. The average molecular weight is 197 g/mol. The lowest BCUT2D eigenvalue weighted by Crippen LogP contribution is -2.29. The summed E-state index contributed by atoms with van der Waals surface area (Å²) in [7, 11) is 2.97. The Bertz CT molecular complexity index is 307. The van der Waals surface area contributed by atoms with E-state index >= 15 is 0 Å². The summed E-state index contributed by atoms with van der Waals surface area (Å²) in [5, 5.41) is 0.838. The fourth-order valence-electron chi connectivity index (χ4n) is 0.877. The first-order valence-corrected chi connectivity index (χ1v) is 3.80. The third kappa shape index (κ3) is 2.11. The molecular weight excluding hydrogens is 186 g/mol. The number of anilines is 1. The minimum absolute atomic E-state index is 0.260. The highest BCUT2D eigenvalue weighted by atomic mass is 16.5. The third-order valence-corrected chi connectivity index (χ3v) is 1.58. The molecule has 0 aliphatic carbocycles. The van der Waals surface area contributed by atoms with Gasteiger partial charge in [-0.3, -0.25) is 4.79 Å². The van der Waals surface area contributed by atoms with Crippen LogP contribution in [0.4, 0.5) is 5.82 Å². The first-order valence-electron chi connectivity index (χ1n) is 3.80. The lowest BCUT2D eigenvalue weighted by atomic mass is 10.4. The molecule has 0 saturated carbocycles. The van der Waals surface area contributed by atoms with Crippen LogP contribution in [0.1, 0.15) is 0 Å². The molecule has 6 heteroatoms. The van der Waals surface area contributed by atoms with Crippen LogP contribution in [-0.4, -0.2) is 25.6 Å². The third-order valence-electron chi connectivity index (χ3n) is 1.58. The maximum atomic E-state index is 10.4. The van der Waals surface area contributed by atoms with E-state index in [1.54, 1.807) is 6.07 Å². The van der Waals surface area contributed by atoms with E-state index in [1.807, 2.05) is 0 Å². The lowest BCUT2D eigenvalue weighted by Gasteiger charge is -2.11. The predicted octanol–water partition coefficient (Wildman–Crippen LogP) is -0.0647. The largest absolute Gasteiger partial charge is 0.496 e. The summed E-state index contributed by atoms with van der Waals surface area (Å²) < 4.78 is 9.88. The van der Waals surface area contributed by atoms with E-state index in [9.17, 15) is 4.79 Å². The second kappa shape index (κ2) is 4.43. The molecular formula is C8H11N3O3. The van der Waals surface area contributed by atoms with Crippen molar-refractivity contribution in [2.24, 2.45) is 5.84 Å². The number of hydrogen-bond donors (Lipinski definition) is 1. The molecule has 0 spiro atoms. The van der Waals surface area contributed by atoms with Gasteiger partial charge in [0.25, 0.3) is 0 Å². The predicted molar refractivity (Wildman–Crippen MR) is 50.1 cm³/mol. The summed E-state index contributed by atoms with van der Waals surface area (Å²) in [5.74, 6) is 6.44. The fraction of sp³-hybridized carbons (Fsp3) is 0.250. The van der Waals surface area contributed by atoms with Crippen molar-refractivity contribution in [3.05, 3.63) is 12.1 Å². The van der Waals surface area contributed by atoms with Gasteiger partial charge in [-0.2, -0.15) is 4.98 Å². The lowest BCUT2D eigenvalue weighted by molar-refractivity contribution is -0.107. The van der Waals surface area contributed by atoms with Crippen molar-refractivity contribution in [3.8, 4) is 11.6 Å². The van der Waals surface area contributed by atoms with Crippen molar-refractivity contribution in [3.63, 3.8) is 0 Å². The zero-order chi connectivity index (χ0) is 10.6. The summed E-state index contributed by atoms with van der Waals surface area (Å²) in [6.45, 7) is 0. The van der Waals surface area contributed by atoms with Crippen LogP contribution in [-0.2, 0) is 4.79 Å². The van der Waals surface area contributed by atoms with Crippen LogP contribution in [0, 0.1) is 0 Å². The first kappa shape index (κ1) is 10.3. The quantitative estimate of drug-likeness (QED) is 0.316. The normalized spacial score (nSPS) is 9.36. The van der Waals surface area contributed by atoms with E-state index in [-0.39, 0.29) is 5.82 Å². The zero-order valence-corrected chi connectivity index (χ0v) is 7.93. The number of amides is 1. The van der Waals surface area contributed by atoms with Gasteiger partial charge in [0.15, 0.2) is 5.82 Å². The van der Waals surface area contributed by atoms with Gasteiger partial charge < -0.3 is 9.47 Å². The number of pyridine rings is 1. The molecule has 14 heavy (non-hydrogen) atoms. The molecule has 0 bridgehead atoms. The van der Waals surface area contributed by atoms with E-state index in [0.717, 1.165) is 5.01 Å². The number of hydrazine groups is 1. The highest BCUT2D eigenvalue weighted by molar-refractivity contribution is 5.71. The molecule has 0 saturated heterocycles. The first-order chi connectivity index (χ1) is 6.71. The van der Waals surface area contributed by atoms with E-state index in [1.165, 1.54) is 20.3 Å². The van der Waals surface area contributed by atoms with Crippen molar-refractivity contribution >= 4 is 12.2 Å². The van der Waals surface area contributed by atoms with Crippen molar-refractivity contribution in [2.45, 2.75) is 0 Å². The molecule has 1 aromatic rings. The molecule has 0 fully saturated rings. The Balaban J connectivity index is 3.09. The van der Waals surface area contributed by atoms with Crippen LogP contribution in [0.25, 0.3) is 0 Å². The molecule has 2 N–H and O–H groups in total. The minimum atomic E-state index is 0.260. The van der Waals surface area contributed by atoms with Gasteiger partial charge >= 0.3 is 0 Å². The van der Waals surface area contributed by atoms with Crippen LogP contribution >= 0.6 is 0 Å². The number of rotatable bonds is 4. The second-order valence-electron chi connectivity index (χ2n) is 2.42. The minimum Gasteiger partial charge on any atom is -0.496 e. The van der Waals surface area contributed by atoms with Gasteiger partial charge in [0.05, 0.1) is 14.2 Å². The van der Waals surface area contributed by atoms with E-state index < -0.39 is 0 Å². The monoisotopic (exact) mass is 197 g/mol. The van der Waals surface area contributed by atoms with Gasteiger partial charge in [0.1, 0.15) is 5.75 Å². The molecule has 1 rings (SSSR count). The maximum absolute atomic E-state index is 10.4. The molecule has 0 aliphatic rings. The molecule has 6 nitrogen and oxygen atoms in total. The number of carbonyl (C=O) groups excluding carboxylic acids is 1. The van der Waals surface area contributed by atoms with Crippen LogP contribution in [0.2, 0.25) is 0 Å². The maximum Gasteiger partial charge on any atom is 0.229 e. The Morgan fingerprint density at radius 2 is 2.14 bits per heavy atom. The van der Waals surface area contributed by atoms with Gasteiger partial charge in [-0.1, -0.05) is 0 Å². The van der Waals surface area contributed by atoms with Gasteiger partial charge in [0, 0.05) is 12.1 Å². The Kier molecular flexibility index (Phi) is 3.24. The molecule has 76 valence electrons. The molecule has 0 aromatic carbocycles. The van der Waals surface area contributed by atoms with E-state index in [4.69, 9.17) is 15.3 Å². The number of methoxy groups -OCH3 is 2. The second-order valence-corrected chi connectivity index (χ2v) is 2.42. The Morgan fingerprint density at radius 1 is 1.43 bits per heavy atom. The van der Waals surface area contributed by atoms with Gasteiger partial charge in [-0.05, 0) is 0 Å². The smallest absolute Gasteiger partial charge is 0.229 e. The molecule has 0 radical (unpaired) electrons. The number of carbonyl (C=O) groups is 1. The van der Waals surface area contributed by atoms with Gasteiger partial charge in [0.2, 0.25) is 12.3 Å². The van der Waals surface area contributed by atoms with E-state index in [2.05, 4.69) is 4.98 Å².